The second-order valence-electron chi connectivity index (χ2n) is 5.79. The van der Waals surface area contributed by atoms with E-state index in [-0.39, 0.29) is 17.0 Å². The molecule has 2 unspecified atom stereocenters. The van der Waals surface area contributed by atoms with Crippen molar-refractivity contribution < 1.29 is 4.79 Å². The maximum absolute atomic E-state index is 12.6. The quantitative estimate of drug-likeness (QED) is 0.835. The van der Waals surface area contributed by atoms with Gasteiger partial charge in [0.25, 0.3) is 11.5 Å². The van der Waals surface area contributed by atoms with Gasteiger partial charge in [0.15, 0.2) is 0 Å². The summed E-state index contributed by atoms with van der Waals surface area (Å²) in [7, 11) is 0. The first-order valence-corrected chi connectivity index (χ1v) is 6.75. The van der Waals surface area contributed by atoms with Gasteiger partial charge in [-0.15, -0.1) is 0 Å². The number of H-pyrrole nitrogens is 1. The minimum absolute atomic E-state index is 0.164. The number of hydrogen-bond donors (Lipinski definition) is 1. The van der Waals surface area contributed by atoms with Crippen LogP contribution >= 0.6 is 0 Å². The van der Waals surface area contributed by atoms with Gasteiger partial charge in [0.2, 0.25) is 0 Å². The molecule has 0 radical (unpaired) electrons. The van der Waals surface area contributed by atoms with E-state index in [1.54, 1.807) is 18.7 Å². The number of carbonyl (C=O) groups is 1. The summed E-state index contributed by atoms with van der Waals surface area (Å²) < 4.78 is 0. The van der Waals surface area contributed by atoms with E-state index in [1.165, 1.54) is 0 Å². The molecule has 19 heavy (non-hydrogen) atoms. The largest absolute Gasteiger partial charge is 0.338 e. The monoisotopic (exact) mass is 263 g/mol. The van der Waals surface area contributed by atoms with Gasteiger partial charge in [-0.25, -0.2) is 5.10 Å². The van der Waals surface area contributed by atoms with E-state index in [2.05, 4.69) is 24.0 Å². The number of amides is 1. The molecule has 0 spiro atoms. The lowest BCUT2D eigenvalue weighted by Gasteiger charge is -2.35. The van der Waals surface area contributed by atoms with E-state index in [4.69, 9.17) is 0 Å². The minimum atomic E-state index is -0.390. The summed E-state index contributed by atoms with van der Waals surface area (Å²) in [6, 6.07) is 0. The summed E-state index contributed by atoms with van der Waals surface area (Å²) in [6.45, 7) is 9.31. The Morgan fingerprint density at radius 3 is 2.42 bits per heavy atom. The van der Waals surface area contributed by atoms with Crippen molar-refractivity contribution in [3.63, 3.8) is 0 Å². The third-order valence-corrected chi connectivity index (χ3v) is 3.84. The van der Waals surface area contributed by atoms with Crippen LogP contribution in [-0.2, 0) is 0 Å². The van der Waals surface area contributed by atoms with Crippen molar-refractivity contribution in [2.24, 2.45) is 11.8 Å². The van der Waals surface area contributed by atoms with Crippen molar-refractivity contribution in [2.75, 3.05) is 13.1 Å². The minimum Gasteiger partial charge on any atom is -0.338 e. The van der Waals surface area contributed by atoms with Crippen LogP contribution in [0, 0.1) is 25.7 Å². The highest BCUT2D eigenvalue weighted by Gasteiger charge is 2.28. The fraction of sp³-hybridized carbons (Fsp3) is 0.643. The third-order valence-electron chi connectivity index (χ3n) is 3.84. The zero-order valence-electron chi connectivity index (χ0n) is 12.0. The van der Waals surface area contributed by atoms with E-state index in [0.717, 1.165) is 19.5 Å². The third kappa shape index (κ3) is 2.69. The van der Waals surface area contributed by atoms with Crippen LogP contribution in [0.4, 0.5) is 0 Å². The van der Waals surface area contributed by atoms with E-state index in [1.807, 2.05) is 0 Å². The number of hydrogen-bond acceptors (Lipinski definition) is 3. The summed E-state index contributed by atoms with van der Waals surface area (Å²) >= 11 is 0. The van der Waals surface area contributed by atoms with Crippen molar-refractivity contribution in [3.8, 4) is 0 Å². The molecule has 1 amide bonds. The van der Waals surface area contributed by atoms with Crippen molar-refractivity contribution in [1.29, 1.82) is 0 Å². The van der Waals surface area contributed by atoms with Crippen LogP contribution in [0.1, 0.15) is 41.9 Å². The molecule has 1 aromatic rings. The molecule has 5 nitrogen and oxygen atoms in total. The fourth-order valence-corrected chi connectivity index (χ4v) is 2.87. The molecular formula is C14H21N3O2. The molecule has 104 valence electrons. The highest BCUT2D eigenvalue weighted by molar-refractivity contribution is 5.95. The Hall–Kier alpha value is -1.65. The molecule has 0 aliphatic carbocycles. The molecule has 2 heterocycles. The van der Waals surface area contributed by atoms with Crippen LogP contribution in [0.25, 0.3) is 0 Å². The number of aryl methyl sites for hydroxylation is 1. The lowest BCUT2D eigenvalue weighted by Crippen LogP contribution is -2.44. The fourth-order valence-electron chi connectivity index (χ4n) is 2.87. The van der Waals surface area contributed by atoms with Gasteiger partial charge in [0.1, 0.15) is 5.56 Å². The maximum Gasteiger partial charge on any atom is 0.277 e. The van der Waals surface area contributed by atoms with Crippen molar-refractivity contribution in [3.05, 3.63) is 27.2 Å². The molecule has 0 saturated carbocycles. The number of rotatable bonds is 1. The first kappa shape index (κ1) is 13.8. The average Bonchev–Trinajstić information content (AvgIpc) is 2.33. The average molecular weight is 263 g/mol. The van der Waals surface area contributed by atoms with Crippen molar-refractivity contribution in [2.45, 2.75) is 34.1 Å². The highest BCUT2D eigenvalue weighted by atomic mass is 16.2. The number of aromatic amines is 1. The zero-order chi connectivity index (χ0) is 14.2. The number of aromatic nitrogens is 2. The summed E-state index contributed by atoms with van der Waals surface area (Å²) in [6.07, 6.45) is 1.13. The number of nitrogens with one attached hydrogen (secondary N) is 1. The van der Waals surface area contributed by atoms with Crippen LogP contribution in [0.3, 0.4) is 0 Å². The predicted molar refractivity (Wildman–Crippen MR) is 73.2 cm³/mol. The maximum atomic E-state index is 12.6. The van der Waals surface area contributed by atoms with Crippen LogP contribution < -0.4 is 5.56 Å². The normalized spacial score (nSPS) is 23.5. The van der Waals surface area contributed by atoms with Gasteiger partial charge < -0.3 is 4.90 Å². The Bertz CT molecular complexity index is 540. The molecule has 1 aliphatic heterocycles. The van der Waals surface area contributed by atoms with Crippen LogP contribution in [0.5, 0.6) is 0 Å². The van der Waals surface area contributed by atoms with Gasteiger partial charge in [-0.1, -0.05) is 13.8 Å². The molecule has 1 aromatic heterocycles. The number of nitrogens with zero attached hydrogens (tertiary/aromatic N) is 2. The Labute approximate surface area is 113 Å². The molecule has 1 N–H and O–H groups in total. The van der Waals surface area contributed by atoms with E-state index in [9.17, 15) is 9.59 Å². The van der Waals surface area contributed by atoms with Crippen LogP contribution in [-0.4, -0.2) is 34.1 Å². The summed E-state index contributed by atoms with van der Waals surface area (Å²) in [5.41, 5.74) is 1.23. The smallest absolute Gasteiger partial charge is 0.277 e. The first-order chi connectivity index (χ1) is 8.90. The molecule has 2 atom stereocenters. The van der Waals surface area contributed by atoms with Gasteiger partial charge in [0, 0.05) is 13.1 Å². The highest BCUT2D eigenvalue weighted by Crippen LogP contribution is 2.22. The molecule has 5 heteroatoms. The Kier molecular flexibility index (Phi) is 3.73. The van der Waals surface area contributed by atoms with Gasteiger partial charge >= 0.3 is 0 Å². The predicted octanol–water partition coefficient (Wildman–Crippen LogP) is 1.50. The SMILES string of the molecule is Cc1n[nH]c(=O)c(C(=O)N2CC(C)CC(C)C2)c1C. The first-order valence-electron chi connectivity index (χ1n) is 6.75. The number of piperidine rings is 1. The molecule has 1 saturated heterocycles. The van der Waals surface area contributed by atoms with E-state index >= 15 is 0 Å². The second-order valence-corrected chi connectivity index (χ2v) is 5.79. The lowest BCUT2D eigenvalue weighted by molar-refractivity contribution is 0.0620. The van der Waals surface area contributed by atoms with Gasteiger partial charge in [-0.3, -0.25) is 9.59 Å². The lowest BCUT2D eigenvalue weighted by atomic mass is 9.91. The molecular weight excluding hydrogens is 242 g/mol. The van der Waals surface area contributed by atoms with E-state index < -0.39 is 0 Å². The topological polar surface area (TPSA) is 66.1 Å². The summed E-state index contributed by atoms with van der Waals surface area (Å²) in [5, 5.41) is 6.29. The summed E-state index contributed by atoms with van der Waals surface area (Å²) in [4.78, 5) is 26.2. The molecule has 1 fully saturated rings. The Balaban J connectivity index is 2.34. The van der Waals surface area contributed by atoms with Gasteiger partial charge in [0.05, 0.1) is 5.69 Å². The summed E-state index contributed by atoms with van der Waals surface area (Å²) in [5.74, 6) is 0.799. The molecule has 2 rings (SSSR count). The van der Waals surface area contributed by atoms with Gasteiger partial charge in [-0.05, 0) is 37.7 Å². The molecule has 1 aliphatic rings. The van der Waals surface area contributed by atoms with Gasteiger partial charge in [-0.2, -0.15) is 5.10 Å². The van der Waals surface area contributed by atoms with Crippen LogP contribution in [0.2, 0.25) is 0 Å². The molecule has 0 bridgehead atoms. The molecule has 0 aromatic carbocycles. The zero-order valence-corrected chi connectivity index (χ0v) is 12.0. The number of likely N-dealkylation sites (tertiary alicyclic amines) is 1. The van der Waals surface area contributed by atoms with E-state index in [0.29, 0.717) is 23.1 Å². The Morgan fingerprint density at radius 1 is 1.26 bits per heavy atom. The Morgan fingerprint density at radius 2 is 1.84 bits per heavy atom. The standard InChI is InChI=1S/C14H21N3O2/c1-8-5-9(2)7-17(6-8)14(19)12-10(3)11(4)15-16-13(12)18/h8-9H,5-7H2,1-4H3,(H,16,18). The second kappa shape index (κ2) is 5.15. The van der Waals surface area contributed by atoms with Crippen molar-refractivity contribution >= 4 is 5.91 Å². The number of carbonyl (C=O) groups excluding carboxylic acids is 1. The van der Waals surface area contributed by atoms with Crippen LogP contribution in [0.15, 0.2) is 4.79 Å². The van der Waals surface area contributed by atoms with Crippen molar-refractivity contribution in [1.82, 2.24) is 15.1 Å².